The van der Waals surface area contributed by atoms with Gasteiger partial charge in [0, 0.05) is 32.5 Å². The van der Waals surface area contributed by atoms with E-state index >= 15 is 0 Å². The van der Waals surface area contributed by atoms with Gasteiger partial charge >= 0.3 is 0 Å². The number of hydrogen-bond donors (Lipinski definition) is 2. The van der Waals surface area contributed by atoms with Gasteiger partial charge < -0.3 is 20.9 Å². The molecule has 2 aliphatic heterocycles. The van der Waals surface area contributed by atoms with Crippen LogP contribution in [0.15, 0.2) is 0 Å². The third-order valence-corrected chi connectivity index (χ3v) is 5.14. The summed E-state index contributed by atoms with van der Waals surface area (Å²) in [5.41, 5.74) is 5.33. The van der Waals surface area contributed by atoms with E-state index in [1.807, 2.05) is 4.90 Å². The SMILES string of the molecule is C[C@H](NC(=O)CCC(=O)N1CCCCCC1)C(=O)N1CCC[C@H]1C(N)=O. The largest absolute Gasteiger partial charge is 0.368 e. The zero-order valence-electron chi connectivity index (χ0n) is 15.5. The maximum absolute atomic E-state index is 12.4. The minimum Gasteiger partial charge on any atom is -0.368 e. The summed E-state index contributed by atoms with van der Waals surface area (Å²) in [4.78, 5) is 51.5. The van der Waals surface area contributed by atoms with Gasteiger partial charge in [-0.15, -0.1) is 0 Å². The smallest absolute Gasteiger partial charge is 0.245 e. The molecule has 0 aliphatic carbocycles. The van der Waals surface area contributed by atoms with Crippen LogP contribution in [0.25, 0.3) is 0 Å². The van der Waals surface area contributed by atoms with Gasteiger partial charge in [-0.1, -0.05) is 12.8 Å². The van der Waals surface area contributed by atoms with E-state index in [0.29, 0.717) is 13.0 Å². The first kappa shape index (κ1) is 20.2. The van der Waals surface area contributed by atoms with Crippen molar-refractivity contribution in [3.05, 3.63) is 0 Å². The normalized spacial score (nSPS) is 21.8. The van der Waals surface area contributed by atoms with Crippen LogP contribution in [0.1, 0.15) is 58.3 Å². The zero-order valence-corrected chi connectivity index (χ0v) is 15.5. The first-order valence-corrected chi connectivity index (χ1v) is 9.57. The standard InChI is InChI=1S/C18H30N4O4/c1-13(18(26)22-12-6-7-14(22)17(19)25)20-15(23)8-9-16(24)21-10-4-2-3-5-11-21/h13-14H,2-12H2,1H3,(H2,19,25)(H,20,23)/t13-,14-/m0/s1. The van der Waals surface area contributed by atoms with Gasteiger partial charge in [0.25, 0.3) is 0 Å². The van der Waals surface area contributed by atoms with Gasteiger partial charge in [-0.2, -0.15) is 0 Å². The van der Waals surface area contributed by atoms with Gasteiger partial charge in [0.1, 0.15) is 12.1 Å². The summed E-state index contributed by atoms with van der Waals surface area (Å²) in [7, 11) is 0. The summed E-state index contributed by atoms with van der Waals surface area (Å²) in [6.07, 6.45) is 5.82. The molecule has 0 aromatic heterocycles. The number of nitrogens with zero attached hydrogens (tertiary/aromatic N) is 2. The van der Waals surface area contributed by atoms with E-state index in [1.165, 1.54) is 4.90 Å². The molecule has 0 spiro atoms. The lowest BCUT2D eigenvalue weighted by Gasteiger charge is -2.26. The van der Waals surface area contributed by atoms with Crippen molar-refractivity contribution in [3.8, 4) is 0 Å². The highest BCUT2D eigenvalue weighted by Crippen LogP contribution is 2.18. The number of likely N-dealkylation sites (tertiary alicyclic amines) is 2. The van der Waals surface area contributed by atoms with Crippen LogP contribution in [-0.4, -0.2) is 65.1 Å². The van der Waals surface area contributed by atoms with E-state index in [4.69, 9.17) is 5.73 Å². The lowest BCUT2D eigenvalue weighted by Crippen LogP contribution is -2.51. The van der Waals surface area contributed by atoms with Crippen LogP contribution in [0, 0.1) is 0 Å². The third-order valence-electron chi connectivity index (χ3n) is 5.14. The molecule has 2 aliphatic rings. The van der Waals surface area contributed by atoms with E-state index in [0.717, 1.165) is 45.2 Å². The molecule has 0 saturated carbocycles. The van der Waals surface area contributed by atoms with Crippen molar-refractivity contribution < 1.29 is 19.2 Å². The number of primary amides is 1. The Morgan fingerprint density at radius 3 is 2.27 bits per heavy atom. The highest BCUT2D eigenvalue weighted by molar-refractivity contribution is 5.92. The molecule has 2 saturated heterocycles. The van der Waals surface area contributed by atoms with E-state index in [-0.39, 0.29) is 30.6 Å². The highest BCUT2D eigenvalue weighted by atomic mass is 16.2. The molecule has 8 nitrogen and oxygen atoms in total. The monoisotopic (exact) mass is 366 g/mol. The Kier molecular flexibility index (Phi) is 7.41. The topological polar surface area (TPSA) is 113 Å². The predicted molar refractivity (Wildman–Crippen MR) is 95.8 cm³/mol. The molecule has 26 heavy (non-hydrogen) atoms. The first-order chi connectivity index (χ1) is 12.4. The number of carbonyl (C=O) groups is 4. The summed E-state index contributed by atoms with van der Waals surface area (Å²) in [5.74, 6) is -1.16. The van der Waals surface area contributed by atoms with Crippen LogP contribution in [0.4, 0.5) is 0 Å². The summed E-state index contributed by atoms with van der Waals surface area (Å²) in [6, 6.07) is -1.33. The fourth-order valence-electron chi connectivity index (χ4n) is 3.65. The molecule has 3 N–H and O–H groups in total. The van der Waals surface area contributed by atoms with E-state index in [1.54, 1.807) is 6.92 Å². The van der Waals surface area contributed by atoms with Crippen LogP contribution in [0.3, 0.4) is 0 Å². The van der Waals surface area contributed by atoms with Gasteiger partial charge in [0.2, 0.25) is 23.6 Å². The highest BCUT2D eigenvalue weighted by Gasteiger charge is 2.35. The number of rotatable bonds is 6. The molecular formula is C18H30N4O4. The number of carbonyl (C=O) groups excluding carboxylic acids is 4. The molecule has 0 unspecified atom stereocenters. The van der Waals surface area contributed by atoms with Crippen LogP contribution in [0.5, 0.6) is 0 Å². The molecule has 2 heterocycles. The maximum Gasteiger partial charge on any atom is 0.245 e. The van der Waals surface area contributed by atoms with Gasteiger partial charge in [-0.25, -0.2) is 0 Å². The number of hydrogen-bond acceptors (Lipinski definition) is 4. The summed E-state index contributed by atoms with van der Waals surface area (Å²) >= 11 is 0. The lowest BCUT2D eigenvalue weighted by atomic mass is 10.2. The number of nitrogens with one attached hydrogen (secondary N) is 1. The van der Waals surface area contributed by atoms with Crippen molar-refractivity contribution in [2.75, 3.05) is 19.6 Å². The summed E-state index contributed by atoms with van der Waals surface area (Å²) in [5, 5.41) is 2.63. The van der Waals surface area contributed by atoms with E-state index < -0.39 is 18.0 Å². The van der Waals surface area contributed by atoms with Gasteiger partial charge in [-0.3, -0.25) is 19.2 Å². The second-order valence-electron chi connectivity index (χ2n) is 7.18. The molecule has 0 aromatic rings. The lowest BCUT2D eigenvalue weighted by molar-refractivity contribution is -0.140. The summed E-state index contributed by atoms with van der Waals surface area (Å²) < 4.78 is 0. The fourth-order valence-corrected chi connectivity index (χ4v) is 3.65. The van der Waals surface area contributed by atoms with Gasteiger partial charge in [0.15, 0.2) is 0 Å². The molecule has 2 rings (SSSR count). The first-order valence-electron chi connectivity index (χ1n) is 9.57. The number of nitrogens with two attached hydrogens (primary N) is 1. The quantitative estimate of drug-likeness (QED) is 0.696. The van der Waals surface area contributed by atoms with Crippen molar-refractivity contribution in [1.82, 2.24) is 15.1 Å². The Morgan fingerprint density at radius 1 is 1.00 bits per heavy atom. The Morgan fingerprint density at radius 2 is 1.65 bits per heavy atom. The predicted octanol–water partition coefficient (Wildman–Crippen LogP) is 0.150. The van der Waals surface area contributed by atoms with Crippen molar-refractivity contribution >= 4 is 23.6 Å². The average Bonchev–Trinajstić information content (AvgIpc) is 2.94. The van der Waals surface area contributed by atoms with Crippen molar-refractivity contribution in [1.29, 1.82) is 0 Å². The van der Waals surface area contributed by atoms with Crippen molar-refractivity contribution in [2.24, 2.45) is 5.73 Å². The molecular weight excluding hydrogens is 336 g/mol. The zero-order chi connectivity index (χ0) is 19.1. The molecule has 2 fully saturated rings. The van der Waals surface area contributed by atoms with Crippen LogP contribution >= 0.6 is 0 Å². The van der Waals surface area contributed by atoms with Gasteiger partial charge in [-0.05, 0) is 32.6 Å². The minimum absolute atomic E-state index is 0.00522. The second kappa shape index (κ2) is 9.54. The third kappa shape index (κ3) is 5.44. The molecule has 8 heteroatoms. The van der Waals surface area contributed by atoms with Crippen LogP contribution in [-0.2, 0) is 19.2 Å². The molecule has 2 atom stereocenters. The second-order valence-corrected chi connectivity index (χ2v) is 7.18. The molecule has 4 amide bonds. The van der Waals surface area contributed by atoms with E-state index in [9.17, 15) is 19.2 Å². The Labute approximate surface area is 154 Å². The van der Waals surface area contributed by atoms with Crippen molar-refractivity contribution in [2.45, 2.75) is 70.4 Å². The average molecular weight is 366 g/mol. The van der Waals surface area contributed by atoms with Crippen LogP contribution < -0.4 is 11.1 Å². The van der Waals surface area contributed by atoms with Gasteiger partial charge in [0.05, 0.1) is 0 Å². The molecule has 0 bridgehead atoms. The summed E-state index contributed by atoms with van der Waals surface area (Å²) in [6.45, 7) is 3.59. The maximum atomic E-state index is 12.4. The minimum atomic E-state index is -0.740. The molecule has 0 aromatic carbocycles. The fraction of sp³-hybridized carbons (Fsp3) is 0.778. The Bertz CT molecular complexity index is 543. The van der Waals surface area contributed by atoms with Crippen molar-refractivity contribution in [3.63, 3.8) is 0 Å². The van der Waals surface area contributed by atoms with E-state index in [2.05, 4.69) is 5.32 Å². The van der Waals surface area contributed by atoms with Crippen LogP contribution in [0.2, 0.25) is 0 Å². The Hall–Kier alpha value is -2.12. The molecule has 146 valence electrons. The molecule has 0 radical (unpaired) electrons. The number of amides is 4. The Balaban J connectivity index is 1.76.